The summed E-state index contributed by atoms with van der Waals surface area (Å²) in [6, 6.07) is 12.3. The fourth-order valence-corrected chi connectivity index (χ4v) is 3.45. The van der Waals surface area contributed by atoms with Gasteiger partial charge in [-0.3, -0.25) is 14.4 Å². The van der Waals surface area contributed by atoms with Crippen LogP contribution in [0.2, 0.25) is 0 Å². The van der Waals surface area contributed by atoms with E-state index in [0.717, 1.165) is 24.1 Å². The number of hydrogen-bond acceptors (Lipinski definition) is 3. The van der Waals surface area contributed by atoms with E-state index in [2.05, 4.69) is 0 Å². The van der Waals surface area contributed by atoms with Crippen LogP contribution >= 0.6 is 0 Å². The lowest BCUT2D eigenvalue weighted by Gasteiger charge is -2.29. The average Bonchev–Trinajstić information content (AvgIpc) is 2.85. The molecule has 0 fully saturated rings. The van der Waals surface area contributed by atoms with Crippen molar-refractivity contribution in [3.8, 4) is 0 Å². The molecule has 0 bridgehead atoms. The van der Waals surface area contributed by atoms with Gasteiger partial charge in [0.05, 0.1) is 16.8 Å². The second-order valence-corrected chi connectivity index (χ2v) is 6.08. The van der Waals surface area contributed by atoms with Crippen molar-refractivity contribution >= 4 is 29.1 Å². The van der Waals surface area contributed by atoms with E-state index in [9.17, 15) is 14.4 Å². The van der Waals surface area contributed by atoms with Crippen LogP contribution in [0.3, 0.4) is 0 Å². The highest BCUT2D eigenvalue weighted by molar-refractivity contribution is 6.34. The van der Waals surface area contributed by atoms with Crippen LogP contribution in [0.15, 0.2) is 42.5 Å². The Kier molecular flexibility index (Phi) is 3.23. The highest BCUT2D eigenvalue weighted by Gasteiger charge is 2.36. The van der Waals surface area contributed by atoms with Gasteiger partial charge in [-0.2, -0.15) is 0 Å². The fraction of sp³-hybridized carbons (Fsp3) is 0.211. The molecule has 2 aliphatic heterocycles. The minimum absolute atomic E-state index is 0.0320. The third-order valence-corrected chi connectivity index (χ3v) is 4.62. The molecular weight excluding hydrogens is 304 g/mol. The van der Waals surface area contributed by atoms with E-state index in [1.807, 2.05) is 6.07 Å². The average molecular weight is 320 g/mol. The summed E-state index contributed by atoms with van der Waals surface area (Å²) in [6.07, 6.45) is 1.81. The summed E-state index contributed by atoms with van der Waals surface area (Å²) >= 11 is 0. The number of hydrogen-bond donors (Lipinski definition) is 0. The van der Waals surface area contributed by atoms with E-state index >= 15 is 0 Å². The summed E-state index contributed by atoms with van der Waals surface area (Å²) in [4.78, 5) is 40.0. The number of nitrogens with zero attached hydrogens (tertiary/aromatic N) is 2. The number of carbonyl (C=O) groups is 3. The summed E-state index contributed by atoms with van der Waals surface area (Å²) in [5.74, 6) is -0.670. The molecule has 2 heterocycles. The first-order valence-corrected chi connectivity index (χ1v) is 7.97. The van der Waals surface area contributed by atoms with E-state index in [0.29, 0.717) is 23.4 Å². The minimum Gasteiger partial charge on any atom is -0.312 e. The first-order chi connectivity index (χ1) is 11.6. The molecule has 3 amide bonds. The van der Waals surface area contributed by atoms with Crippen LogP contribution in [-0.2, 0) is 11.2 Å². The Morgan fingerprint density at radius 2 is 1.67 bits per heavy atom. The van der Waals surface area contributed by atoms with Crippen LogP contribution < -0.4 is 9.80 Å². The molecule has 0 radical (unpaired) electrons. The maximum atomic E-state index is 12.6. The summed E-state index contributed by atoms with van der Waals surface area (Å²) in [6.45, 7) is 2.19. The SMILES string of the molecule is CC(=O)N1CCCc2ccc(N3C(=O)c4ccccc4C3=O)cc21. The monoisotopic (exact) mass is 320 g/mol. The molecule has 24 heavy (non-hydrogen) atoms. The van der Waals surface area contributed by atoms with Crippen molar-refractivity contribution in [2.45, 2.75) is 19.8 Å². The lowest BCUT2D eigenvalue weighted by molar-refractivity contribution is -0.116. The molecule has 5 nitrogen and oxygen atoms in total. The van der Waals surface area contributed by atoms with Gasteiger partial charge >= 0.3 is 0 Å². The Morgan fingerprint density at radius 3 is 2.29 bits per heavy atom. The van der Waals surface area contributed by atoms with Crippen LogP contribution in [0.1, 0.15) is 39.6 Å². The Balaban J connectivity index is 1.79. The third-order valence-electron chi connectivity index (χ3n) is 4.62. The van der Waals surface area contributed by atoms with Crippen molar-refractivity contribution in [2.24, 2.45) is 0 Å². The highest BCUT2D eigenvalue weighted by Crippen LogP contribution is 2.34. The van der Waals surface area contributed by atoms with E-state index in [1.165, 1.54) is 11.8 Å². The number of benzene rings is 2. The van der Waals surface area contributed by atoms with E-state index in [-0.39, 0.29) is 17.7 Å². The van der Waals surface area contributed by atoms with Gasteiger partial charge in [-0.1, -0.05) is 18.2 Å². The fourth-order valence-electron chi connectivity index (χ4n) is 3.45. The molecule has 0 unspecified atom stereocenters. The summed E-state index contributed by atoms with van der Waals surface area (Å²) in [7, 11) is 0. The van der Waals surface area contributed by atoms with Crippen molar-refractivity contribution in [1.29, 1.82) is 0 Å². The largest absolute Gasteiger partial charge is 0.312 e. The number of carbonyl (C=O) groups excluding carboxylic acids is 3. The smallest absolute Gasteiger partial charge is 0.266 e. The van der Waals surface area contributed by atoms with Crippen LogP contribution in [0.4, 0.5) is 11.4 Å². The predicted octanol–water partition coefficient (Wildman–Crippen LogP) is 2.79. The molecule has 0 saturated heterocycles. The normalized spacial score (nSPS) is 16.2. The van der Waals surface area contributed by atoms with Crippen LogP contribution in [0.25, 0.3) is 0 Å². The number of fused-ring (bicyclic) bond motifs is 2. The Morgan fingerprint density at radius 1 is 1.00 bits per heavy atom. The van der Waals surface area contributed by atoms with Crippen LogP contribution in [-0.4, -0.2) is 24.3 Å². The molecule has 2 aromatic rings. The van der Waals surface area contributed by atoms with Gasteiger partial charge in [-0.25, -0.2) is 4.90 Å². The Hall–Kier alpha value is -2.95. The number of amides is 3. The molecule has 2 aliphatic rings. The van der Waals surface area contributed by atoms with Crippen LogP contribution in [0, 0.1) is 0 Å². The molecule has 0 saturated carbocycles. The molecule has 0 atom stereocenters. The van der Waals surface area contributed by atoms with Crippen molar-refractivity contribution in [3.63, 3.8) is 0 Å². The van der Waals surface area contributed by atoms with E-state index in [1.54, 1.807) is 41.3 Å². The number of aryl methyl sites for hydroxylation is 1. The van der Waals surface area contributed by atoms with Gasteiger partial charge in [-0.15, -0.1) is 0 Å². The minimum atomic E-state index is -0.319. The molecule has 0 aliphatic carbocycles. The number of anilines is 2. The van der Waals surface area contributed by atoms with Gasteiger partial charge in [0.1, 0.15) is 0 Å². The molecular formula is C19H16N2O3. The van der Waals surface area contributed by atoms with E-state index < -0.39 is 0 Å². The van der Waals surface area contributed by atoms with Crippen molar-refractivity contribution in [3.05, 3.63) is 59.2 Å². The zero-order chi connectivity index (χ0) is 16.8. The molecule has 0 spiro atoms. The van der Waals surface area contributed by atoms with Crippen LogP contribution in [0.5, 0.6) is 0 Å². The lowest BCUT2D eigenvalue weighted by atomic mass is 10.0. The van der Waals surface area contributed by atoms with Crippen molar-refractivity contribution in [2.75, 3.05) is 16.3 Å². The zero-order valence-corrected chi connectivity index (χ0v) is 13.3. The van der Waals surface area contributed by atoms with Gasteiger partial charge in [0, 0.05) is 19.2 Å². The Bertz CT molecular complexity index is 853. The quantitative estimate of drug-likeness (QED) is 0.759. The highest BCUT2D eigenvalue weighted by atomic mass is 16.2. The Labute approximate surface area is 139 Å². The van der Waals surface area contributed by atoms with Gasteiger partial charge < -0.3 is 4.90 Å². The predicted molar refractivity (Wildman–Crippen MR) is 90.4 cm³/mol. The molecule has 0 N–H and O–H groups in total. The lowest BCUT2D eigenvalue weighted by Crippen LogP contribution is -2.34. The zero-order valence-electron chi connectivity index (χ0n) is 13.3. The van der Waals surface area contributed by atoms with Crippen molar-refractivity contribution < 1.29 is 14.4 Å². The standard InChI is InChI=1S/C19H16N2O3/c1-12(22)20-10-4-5-13-8-9-14(11-17(13)20)21-18(23)15-6-2-3-7-16(15)19(21)24/h2-3,6-9,11H,4-5,10H2,1H3. The third kappa shape index (κ3) is 2.05. The molecule has 4 rings (SSSR count). The van der Waals surface area contributed by atoms with Crippen molar-refractivity contribution in [1.82, 2.24) is 0 Å². The second-order valence-electron chi connectivity index (χ2n) is 6.08. The number of rotatable bonds is 1. The topological polar surface area (TPSA) is 57.7 Å². The van der Waals surface area contributed by atoms with E-state index in [4.69, 9.17) is 0 Å². The van der Waals surface area contributed by atoms with Gasteiger partial charge in [-0.05, 0) is 42.7 Å². The summed E-state index contributed by atoms with van der Waals surface area (Å²) in [5.41, 5.74) is 3.21. The second kappa shape index (κ2) is 5.30. The van der Waals surface area contributed by atoms with Gasteiger partial charge in [0.25, 0.3) is 11.8 Å². The first-order valence-electron chi connectivity index (χ1n) is 7.97. The van der Waals surface area contributed by atoms with Gasteiger partial charge in [0.2, 0.25) is 5.91 Å². The molecule has 0 aromatic heterocycles. The summed E-state index contributed by atoms with van der Waals surface area (Å²) < 4.78 is 0. The van der Waals surface area contributed by atoms with Gasteiger partial charge in [0.15, 0.2) is 0 Å². The maximum Gasteiger partial charge on any atom is 0.266 e. The first kappa shape index (κ1) is 14.6. The molecule has 120 valence electrons. The maximum absolute atomic E-state index is 12.6. The summed E-state index contributed by atoms with van der Waals surface area (Å²) in [5, 5.41) is 0. The number of imide groups is 1. The molecule has 2 aromatic carbocycles. The molecule has 5 heteroatoms.